The minimum Gasteiger partial charge on any atom is -0.297 e. The van der Waals surface area contributed by atoms with Crippen LogP contribution in [0, 0.1) is 6.92 Å². The Morgan fingerprint density at radius 1 is 1.15 bits per heavy atom. The van der Waals surface area contributed by atoms with Gasteiger partial charge in [0, 0.05) is 37.6 Å². The average molecular weight is 435 g/mol. The van der Waals surface area contributed by atoms with Gasteiger partial charge in [0.25, 0.3) is 5.91 Å². The predicted octanol–water partition coefficient (Wildman–Crippen LogP) is 3.09. The van der Waals surface area contributed by atoms with Crippen LogP contribution in [0.3, 0.4) is 0 Å². The van der Waals surface area contributed by atoms with E-state index in [2.05, 4.69) is 67.4 Å². The molecule has 3 rings (SSSR count). The molecule has 7 heteroatoms. The van der Waals surface area contributed by atoms with Crippen molar-refractivity contribution in [3.05, 3.63) is 56.2 Å². The number of nitrogens with zero attached hydrogens (tertiary/aromatic N) is 3. The number of aryl methyl sites for hydroxylation is 1. The highest BCUT2D eigenvalue weighted by Crippen LogP contribution is 2.20. The largest absolute Gasteiger partial charge is 0.297 e. The number of rotatable bonds is 6. The molecule has 0 bridgehead atoms. The average Bonchev–Trinajstić information content (AvgIpc) is 3.04. The standard InChI is InChI=1S/C19H23BrN4OS/c1-15-2-4-16(5-3-15)13-23-8-10-24(11-9-23)14-19(25)22-21-12-17-6-7-18(20)26-17/h2-7,12H,8-11,13-14H2,1H3,(H,22,25). The van der Waals surface area contributed by atoms with Crippen LogP contribution in [0.5, 0.6) is 0 Å². The zero-order valence-electron chi connectivity index (χ0n) is 14.8. The Morgan fingerprint density at radius 2 is 1.85 bits per heavy atom. The summed E-state index contributed by atoms with van der Waals surface area (Å²) in [6, 6.07) is 12.6. The third kappa shape index (κ3) is 6.02. The van der Waals surface area contributed by atoms with Gasteiger partial charge < -0.3 is 0 Å². The molecule has 5 nitrogen and oxygen atoms in total. The van der Waals surface area contributed by atoms with Crippen molar-refractivity contribution in [2.45, 2.75) is 13.5 Å². The second kappa shape index (κ2) is 9.41. The molecule has 0 spiro atoms. The predicted molar refractivity (Wildman–Crippen MR) is 111 cm³/mol. The molecule has 1 N–H and O–H groups in total. The van der Waals surface area contributed by atoms with E-state index in [0.717, 1.165) is 41.4 Å². The number of hydrogen-bond acceptors (Lipinski definition) is 5. The van der Waals surface area contributed by atoms with Gasteiger partial charge in [0.2, 0.25) is 0 Å². The number of thiophene rings is 1. The van der Waals surface area contributed by atoms with Gasteiger partial charge in [-0.15, -0.1) is 11.3 Å². The summed E-state index contributed by atoms with van der Waals surface area (Å²) in [5, 5.41) is 4.03. The van der Waals surface area contributed by atoms with E-state index in [-0.39, 0.29) is 5.91 Å². The van der Waals surface area contributed by atoms with Crippen LogP contribution < -0.4 is 5.43 Å². The molecule has 1 aliphatic rings. The first kappa shape index (κ1) is 19.2. The highest BCUT2D eigenvalue weighted by Gasteiger charge is 2.18. The van der Waals surface area contributed by atoms with E-state index in [1.807, 2.05) is 12.1 Å². The summed E-state index contributed by atoms with van der Waals surface area (Å²) >= 11 is 4.98. The van der Waals surface area contributed by atoms with E-state index in [0.29, 0.717) is 6.54 Å². The Balaban J connectivity index is 1.37. The van der Waals surface area contributed by atoms with E-state index in [1.165, 1.54) is 11.1 Å². The number of benzene rings is 1. The van der Waals surface area contributed by atoms with Crippen LogP contribution in [-0.4, -0.2) is 54.6 Å². The topological polar surface area (TPSA) is 47.9 Å². The van der Waals surface area contributed by atoms with Crippen molar-refractivity contribution in [1.29, 1.82) is 0 Å². The number of hydrazone groups is 1. The number of hydrogen-bond donors (Lipinski definition) is 1. The summed E-state index contributed by atoms with van der Waals surface area (Å²) in [5.41, 5.74) is 5.25. The lowest BCUT2D eigenvalue weighted by molar-refractivity contribution is -0.122. The number of carbonyl (C=O) groups excluding carboxylic acids is 1. The lowest BCUT2D eigenvalue weighted by Crippen LogP contribution is -2.48. The maximum Gasteiger partial charge on any atom is 0.254 e. The van der Waals surface area contributed by atoms with Crippen LogP contribution in [0.25, 0.3) is 0 Å². The van der Waals surface area contributed by atoms with E-state index < -0.39 is 0 Å². The number of halogens is 1. The summed E-state index contributed by atoms with van der Waals surface area (Å²) in [5.74, 6) is -0.0659. The molecule has 1 aromatic heterocycles. The lowest BCUT2D eigenvalue weighted by Gasteiger charge is -2.34. The van der Waals surface area contributed by atoms with Crippen molar-refractivity contribution in [1.82, 2.24) is 15.2 Å². The molecule has 0 atom stereocenters. The second-order valence-corrected chi connectivity index (χ2v) is 8.97. The summed E-state index contributed by atoms with van der Waals surface area (Å²) in [6.07, 6.45) is 1.67. The molecule has 1 aromatic carbocycles. The van der Waals surface area contributed by atoms with Crippen LogP contribution in [0.15, 0.2) is 45.3 Å². The summed E-state index contributed by atoms with van der Waals surface area (Å²) in [4.78, 5) is 17.6. The van der Waals surface area contributed by atoms with Gasteiger partial charge in [0.05, 0.1) is 16.5 Å². The fraction of sp³-hybridized carbons (Fsp3) is 0.368. The molecule has 1 fully saturated rings. The molecule has 1 aliphatic heterocycles. The van der Waals surface area contributed by atoms with Gasteiger partial charge in [-0.3, -0.25) is 14.6 Å². The number of amides is 1. The van der Waals surface area contributed by atoms with Crippen LogP contribution in [0.2, 0.25) is 0 Å². The van der Waals surface area contributed by atoms with Crippen molar-refractivity contribution in [2.24, 2.45) is 5.10 Å². The summed E-state index contributed by atoms with van der Waals surface area (Å²) in [7, 11) is 0. The van der Waals surface area contributed by atoms with Gasteiger partial charge in [0.1, 0.15) is 0 Å². The molecule has 0 saturated carbocycles. The van der Waals surface area contributed by atoms with Crippen LogP contribution in [0.1, 0.15) is 16.0 Å². The number of nitrogens with one attached hydrogen (secondary N) is 1. The number of piperazine rings is 1. The Kier molecular flexibility index (Phi) is 6.96. The molecule has 0 radical (unpaired) electrons. The molecule has 2 aromatic rings. The van der Waals surface area contributed by atoms with Gasteiger partial charge in [0.15, 0.2) is 0 Å². The first-order valence-corrected chi connectivity index (χ1v) is 10.3. The van der Waals surface area contributed by atoms with E-state index in [9.17, 15) is 4.79 Å². The van der Waals surface area contributed by atoms with Gasteiger partial charge in [-0.1, -0.05) is 29.8 Å². The Labute approximate surface area is 166 Å². The zero-order chi connectivity index (χ0) is 18.4. The maximum atomic E-state index is 12.0. The third-order valence-corrected chi connectivity index (χ3v) is 5.89. The first-order chi connectivity index (χ1) is 12.6. The molecule has 2 heterocycles. The third-order valence-electron chi connectivity index (χ3n) is 4.33. The van der Waals surface area contributed by atoms with E-state index in [1.54, 1.807) is 17.6 Å². The van der Waals surface area contributed by atoms with Gasteiger partial charge >= 0.3 is 0 Å². The molecular formula is C19H23BrN4OS. The fourth-order valence-corrected chi connectivity index (χ4v) is 4.16. The monoisotopic (exact) mass is 434 g/mol. The minimum absolute atomic E-state index is 0.0659. The van der Waals surface area contributed by atoms with Gasteiger partial charge in [-0.05, 0) is 40.5 Å². The highest BCUT2D eigenvalue weighted by molar-refractivity contribution is 9.11. The van der Waals surface area contributed by atoms with Crippen molar-refractivity contribution in [2.75, 3.05) is 32.7 Å². The van der Waals surface area contributed by atoms with E-state index in [4.69, 9.17) is 0 Å². The van der Waals surface area contributed by atoms with Crippen LogP contribution >= 0.6 is 27.3 Å². The van der Waals surface area contributed by atoms with Crippen molar-refractivity contribution < 1.29 is 4.79 Å². The minimum atomic E-state index is -0.0659. The van der Waals surface area contributed by atoms with Crippen molar-refractivity contribution >= 4 is 39.4 Å². The Bertz CT molecular complexity index is 751. The summed E-state index contributed by atoms with van der Waals surface area (Å²) in [6.45, 7) is 7.24. The lowest BCUT2D eigenvalue weighted by atomic mass is 10.1. The molecule has 138 valence electrons. The highest BCUT2D eigenvalue weighted by atomic mass is 79.9. The quantitative estimate of drug-likeness (QED) is 0.561. The molecular weight excluding hydrogens is 412 g/mol. The van der Waals surface area contributed by atoms with Crippen molar-refractivity contribution in [3.8, 4) is 0 Å². The Hall–Kier alpha value is -1.54. The Morgan fingerprint density at radius 3 is 2.50 bits per heavy atom. The van der Waals surface area contributed by atoms with Crippen LogP contribution in [0.4, 0.5) is 0 Å². The van der Waals surface area contributed by atoms with E-state index >= 15 is 0 Å². The first-order valence-electron chi connectivity index (χ1n) is 8.66. The normalized spacial score (nSPS) is 16.2. The van der Waals surface area contributed by atoms with Crippen molar-refractivity contribution in [3.63, 3.8) is 0 Å². The molecule has 1 saturated heterocycles. The van der Waals surface area contributed by atoms with Gasteiger partial charge in [-0.25, -0.2) is 5.43 Å². The molecule has 0 unspecified atom stereocenters. The number of carbonyl (C=O) groups is 1. The second-order valence-electron chi connectivity index (χ2n) is 6.47. The molecule has 26 heavy (non-hydrogen) atoms. The summed E-state index contributed by atoms with van der Waals surface area (Å²) < 4.78 is 1.05. The maximum absolute atomic E-state index is 12.0. The SMILES string of the molecule is Cc1ccc(CN2CCN(CC(=O)NN=Cc3ccc(Br)s3)CC2)cc1. The van der Waals surface area contributed by atoms with Gasteiger partial charge in [-0.2, -0.15) is 5.10 Å². The molecule has 1 amide bonds. The molecule has 0 aliphatic carbocycles. The fourth-order valence-electron chi connectivity index (χ4n) is 2.86. The van der Waals surface area contributed by atoms with Crippen LogP contribution in [-0.2, 0) is 11.3 Å². The zero-order valence-corrected chi connectivity index (χ0v) is 17.2. The smallest absolute Gasteiger partial charge is 0.254 e.